The Bertz CT molecular complexity index is 920. The summed E-state index contributed by atoms with van der Waals surface area (Å²) >= 11 is 0.470. The average Bonchev–Trinajstić information content (AvgIpc) is 3.35. The summed E-state index contributed by atoms with van der Waals surface area (Å²) in [5, 5.41) is 5.68. The number of thiol groups is 1. The largest absolute Gasteiger partial charge is 0.355 e. The van der Waals surface area contributed by atoms with Crippen LogP contribution < -0.4 is 10.6 Å². The quantitative estimate of drug-likeness (QED) is 0.711. The highest BCUT2D eigenvalue weighted by Crippen LogP contribution is 2.38. The zero-order valence-corrected chi connectivity index (χ0v) is 16.2. The third-order valence-corrected chi connectivity index (χ3v) is 6.22. The van der Waals surface area contributed by atoms with Gasteiger partial charge in [-0.1, -0.05) is 29.8 Å². The molecule has 0 aromatic heterocycles. The highest BCUT2D eigenvalue weighted by molar-refractivity contribution is 7.68. The highest BCUT2D eigenvalue weighted by atomic mass is 32.1. The number of carbonyl (C=O) groups excluding carboxylic acids is 2. The number of fused-ring (bicyclic) bond motifs is 2. The number of aryl methyl sites for hydroxylation is 2. The van der Waals surface area contributed by atoms with E-state index in [9.17, 15) is 9.59 Å². The number of urea groups is 1. The van der Waals surface area contributed by atoms with E-state index in [4.69, 9.17) is 0 Å². The Labute approximate surface area is 162 Å². The summed E-state index contributed by atoms with van der Waals surface area (Å²) in [6.45, 7) is 0. The Hall–Kier alpha value is -2.47. The molecule has 0 radical (unpaired) electrons. The average molecular weight is 382 g/mol. The van der Waals surface area contributed by atoms with Crippen LogP contribution in [0.25, 0.3) is 0 Å². The minimum atomic E-state index is -0.349. The Morgan fingerprint density at radius 1 is 1.00 bits per heavy atom. The van der Waals surface area contributed by atoms with Crippen molar-refractivity contribution in [1.82, 2.24) is 5.32 Å². The molecule has 140 valence electrons. The molecule has 0 heterocycles. The summed E-state index contributed by atoms with van der Waals surface area (Å²) in [5.74, 6) is -0.174. The van der Waals surface area contributed by atoms with Crippen molar-refractivity contribution in [2.75, 3.05) is 12.4 Å². The smallest absolute Gasteiger partial charge is 0.351 e. The third kappa shape index (κ3) is 3.54. The van der Waals surface area contributed by atoms with Crippen LogP contribution in [0.5, 0.6) is 0 Å². The number of benzene rings is 2. The van der Waals surface area contributed by atoms with Gasteiger partial charge in [-0.15, -0.1) is 0 Å². The van der Waals surface area contributed by atoms with Gasteiger partial charge in [-0.3, -0.25) is 4.79 Å². The molecule has 0 unspecified atom stereocenters. The normalized spacial score (nSPS) is 15.1. The van der Waals surface area contributed by atoms with Gasteiger partial charge in [-0.25, -0.2) is 4.79 Å². The predicted molar refractivity (Wildman–Crippen MR) is 109 cm³/mol. The van der Waals surface area contributed by atoms with Crippen LogP contribution in [0.15, 0.2) is 39.6 Å². The SMILES string of the molecule is CNC(=O)c1ccccc1/[SH]=N\C(=O)Nc1c2c(cc3c1CCC3)CCC2. The molecule has 2 aromatic carbocycles. The highest BCUT2D eigenvalue weighted by Gasteiger charge is 2.24. The Balaban J connectivity index is 1.58. The van der Waals surface area contributed by atoms with Crippen molar-refractivity contribution in [1.29, 1.82) is 0 Å². The first kappa shape index (κ1) is 17.9. The number of carbonyl (C=O) groups is 2. The second-order valence-corrected chi connectivity index (χ2v) is 7.84. The van der Waals surface area contributed by atoms with Crippen LogP contribution in [0.1, 0.15) is 45.5 Å². The number of nitrogens with zero attached hydrogens (tertiary/aromatic N) is 1. The van der Waals surface area contributed by atoms with Crippen molar-refractivity contribution in [2.45, 2.75) is 43.4 Å². The lowest BCUT2D eigenvalue weighted by Crippen LogP contribution is -2.18. The lowest BCUT2D eigenvalue weighted by molar-refractivity contribution is 0.0960. The second kappa shape index (κ2) is 7.64. The summed E-state index contributed by atoms with van der Waals surface area (Å²) < 4.78 is 4.16. The molecule has 4 rings (SSSR count). The van der Waals surface area contributed by atoms with Crippen molar-refractivity contribution < 1.29 is 9.59 Å². The zero-order chi connectivity index (χ0) is 18.8. The molecule has 6 heteroatoms. The number of rotatable bonds is 3. The van der Waals surface area contributed by atoms with Crippen LogP contribution in [-0.2, 0) is 37.2 Å². The van der Waals surface area contributed by atoms with Gasteiger partial charge in [0.25, 0.3) is 5.91 Å². The van der Waals surface area contributed by atoms with E-state index < -0.39 is 0 Å². The van der Waals surface area contributed by atoms with E-state index in [-0.39, 0.29) is 11.9 Å². The van der Waals surface area contributed by atoms with Crippen LogP contribution in [-0.4, -0.2) is 19.0 Å². The fraction of sp³-hybridized carbons (Fsp3) is 0.333. The van der Waals surface area contributed by atoms with Crippen LogP contribution >= 0.6 is 0 Å². The predicted octanol–water partition coefficient (Wildman–Crippen LogP) is 3.61. The third-order valence-electron chi connectivity index (χ3n) is 5.33. The van der Waals surface area contributed by atoms with E-state index in [1.54, 1.807) is 19.2 Å². The van der Waals surface area contributed by atoms with Gasteiger partial charge < -0.3 is 10.6 Å². The molecule has 5 nitrogen and oxygen atoms in total. The van der Waals surface area contributed by atoms with Crippen molar-refractivity contribution in [3.63, 3.8) is 0 Å². The maximum absolute atomic E-state index is 12.6. The molecule has 2 N–H and O–H groups in total. The van der Waals surface area contributed by atoms with Crippen molar-refractivity contribution >= 4 is 29.2 Å². The molecule has 0 aliphatic heterocycles. The molecule has 2 aliphatic carbocycles. The number of nitrogens with one attached hydrogen (secondary N) is 2. The van der Waals surface area contributed by atoms with E-state index in [0.717, 1.165) is 49.1 Å². The summed E-state index contributed by atoms with van der Waals surface area (Å²) in [6, 6.07) is 9.21. The van der Waals surface area contributed by atoms with Gasteiger partial charge in [-0.2, -0.15) is 4.36 Å². The number of amides is 3. The first-order valence-electron chi connectivity index (χ1n) is 9.37. The Morgan fingerprint density at radius 2 is 1.67 bits per heavy atom. The fourth-order valence-electron chi connectivity index (χ4n) is 4.09. The molecule has 3 amide bonds. The van der Waals surface area contributed by atoms with Gasteiger partial charge >= 0.3 is 6.03 Å². The monoisotopic (exact) mass is 381 g/mol. The van der Waals surface area contributed by atoms with Crippen molar-refractivity contribution in [3.8, 4) is 0 Å². The number of anilines is 1. The van der Waals surface area contributed by atoms with Gasteiger partial charge in [0.15, 0.2) is 0 Å². The van der Waals surface area contributed by atoms with Crippen LogP contribution in [0.4, 0.5) is 10.5 Å². The Kier molecular flexibility index (Phi) is 5.07. The lowest BCUT2D eigenvalue weighted by Gasteiger charge is -2.14. The van der Waals surface area contributed by atoms with E-state index >= 15 is 0 Å². The molecule has 2 aromatic rings. The molecule has 0 spiro atoms. The molecule has 0 bridgehead atoms. The lowest BCUT2D eigenvalue weighted by atomic mass is 9.99. The summed E-state index contributed by atoms with van der Waals surface area (Å²) in [5.41, 5.74) is 6.89. The maximum atomic E-state index is 12.6. The molecular weight excluding hydrogens is 358 g/mol. The number of hydrogen-bond acceptors (Lipinski definition) is 2. The molecular formula is C21H23N3O2S. The summed E-state index contributed by atoms with van der Waals surface area (Å²) in [6.07, 6.45) is 6.54. The standard InChI is InChI=1S/C21H23N3O2S/c1-22-20(25)17-8-2-3-11-18(17)27-24-21(26)23-19-15-9-4-6-13(15)12-14-7-5-10-16(14)19/h2-3,8,11-12,27H,4-7,9-10H2,1H3,(H,22,25)(H,23,26). The van der Waals surface area contributed by atoms with Crippen LogP contribution in [0, 0.1) is 0 Å². The minimum absolute atomic E-state index is 0.174. The first-order valence-corrected chi connectivity index (χ1v) is 10.2. The van der Waals surface area contributed by atoms with Gasteiger partial charge in [0, 0.05) is 17.6 Å². The van der Waals surface area contributed by atoms with E-state index in [1.165, 1.54) is 22.3 Å². The van der Waals surface area contributed by atoms with E-state index in [0.29, 0.717) is 17.1 Å². The minimum Gasteiger partial charge on any atom is -0.355 e. The molecule has 2 aliphatic rings. The summed E-state index contributed by atoms with van der Waals surface area (Å²) in [7, 11) is 1.59. The first-order chi connectivity index (χ1) is 13.2. The van der Waals surface area contributed by atoms with Gasteiger partial charge in [0.05, 0.1) is 5.56 Å². The molecule has 27 heavy (non-hydrogen) atoms. The zero-order valence-electron chi connectivity index (χ0n) is 15.3. The molecule has 0 atom stereocenters. The second-order valence-electron chi connectivity index (χ2n) is 6.96. The summed E-state index contributed by atoms with van der Waals surface area (Å²) in [4.78, 5) is 25.2. The van der Waals surface area contributed by atoms with Gasteiger partial charge in [0.2, 0.25) is 0 Å². The Morgan fingerprint density at radius 3 is 2.33 bits per heavy atom. The van der Waals surface area contributed by atoms with Crippen molar-refractivity contribution in [3.05, 3.63) is 58.1 Å². The maximum Gasteiger partial charge on any atom is 0.351 e. The van der Waals surface area contributed by atoms with Crippen LogP contribution in [0.3, 0.4) is 0 Å². The molecule has 0 fully saturated rings. The molecule has 0 saturated heterocycles. The van der Waals surface area contributed by atoms with E-state index in [2.05, 4.69) is 21.1 Å². The van der Waals surface area contributed by atoms with E-state index in [1.807, 2.05) is 12.1 Å². The van der Waals surface area contributed by atoms with Crippen molar-refractivity contribution in [2.24, 2.45) is 4.36 Å². The van der Waals surface area contributed by atoms with Crippen LogP contribution in [0.2, 0.25) is 0 Å². The fourth-order valence-corrected chi connectivity index (χ4v) is 4.77. The topological polar surface area (TPSA) is 70.6 Å². The molecule has 0 saturated carbocycles. The number of hydrogen-bond donors (Lipinski definition) is 3. The van der Waals surface area contributed by atoms with Gasteiger partial charge in [-0.05, 0) is 72.9 Å². The van der Waals surface area contributed by atoms with Gasteiger partial charge in [0.1, 0.15) is 0 Å².